The van der Waals surface area contributed by atoms with Gasteiger partial charge in [-0.05, 0) is 49.7 Å². The lowest BCUT2D eigenvalue weighted by Gasteiger charge is -2.13. The van der Waals surface area contributed by atoms with Crippen LogP contribution in [0.1, 0.15) is 12.5 Å². The lowest BCUT2D eigenvalue weighted by atomic mass is 10.0. The molecule has 1 aromatic heterocycles. The van der Waals surface area contributed by atoms with Crippen molar-refractivity contribution in [3.8, 4) is 34.3 Å². The molecule has 0 fully saturated rings. The van der Waals surface area contributed by atoms with Gasteiger partial charge in [0.25, 0.3) is 0 Å². The highest BCUT2D eigenvalue weighted by molar-refractivity contribution is 5.88. The first kappa shape index (κ1) is 16.9. The fourth-order valence-corrected chi connectivity index (χ4v) is 2.81. The summed E-state index contributed by atoms with van der Waals surface area (Å²) in [5.41, 5.74) is 3.57. The molecular formula is C20H21NO4. The molecule has 0 bridgehead atoms. The highest BCUT2D eigenvalue weighted by Crippen LogP contribution is 2.36. The second-order valence-corrected chi connectivity index (χ2v) is 5.66. The molecule has 25 heavy (non-hydrogen) atoms. The van der Waals surface area contributed by atoms with Gasteiger partial charge in [0.2, 0.25) is 0 Å². The van der Waals surface area contributed by atoms with Crippen LogP contribution in [0.25, 0.3) is 22.2 Å². The summed E-state index contributed by atoms with van der Waals surface area (Å²) < 4.78 is 16.2. The van der Waals surface area contributed by atoms with Gasteiger partial charge in [0.1, 0.15) is 0 Å². The molecule has 3 rings (SSSR count). The summed E-state index contributed by atoms with van der Waals surface area (Å²) in [4.78, 5) is 4.75. The first-order valence-corrected chi connectivity index (χ1v) is 8.07. The van der Waals surface area contributed by atoms with E-state index in [2.05, 4.69) is 0 Å². The van der Waals surface area contributed by atoms with E-state index in [1.807, 2.05) is 38.1 Å². The van der Waals surface area contributed by atoms with Crippen LogP contribution in [0.4, 0.5) is 0 Å². The standard InChI is InChI=1S/C20H21NO4/c1-5-25-18-9-13(6-7-17(18)22)15-8-12(2)14-10-19(23-3)20(24-4)11-16(14)21-15/h6-11,22H,5H2,1-4H3. The number of ether oxygens (including phenoxy) is 3. The van der Waals surface area contributed by atoms with Crippen LogP contribution < -0.4 is 14.2 Å². The summed E-state index contributed by atoms with van der Waals surface area (Å²) in [5, 5.41) is 10.9. The summed E-state index contributed by atoms with van der Waals surface area (Å²) in [5.74, 6) is 1.89. The lowest BCUT2D eigenvalue weighted by Crippen LogP contribution is -1.95. The summed E-state index contributed by atoms with van der Waals surface area (Å²) >= 11 is 0. The van der Waals surface area contributed by atoms with E-state index in [1.165, 1.54) is 0 Å². The molecule has 0 saturated heterocycles. The van der Waals surface area contributed by atoms with Gasteiger partial charge in [-0.3, -0.25) is 0 Å². The largest absolute Gasteiger partial charge is 0.504 e. The Hall–Kier alpha value is -2.95. The number of rotatable bonds is 5. The number of fused-ring (bicyclic) bond motifs is 1. The maximum atomic E-state index is 9.89. The Morgan fingerprint density at radius 3 is 2.36 bits per heavy atom. The third-order valence-electron chi connectivity index (χ3n) is 4.08. The van der Waals surface area contributed by atoms with Gasteiger partial charge >= 0.3 is 0 Å². The highest BCUT2D eigenvalue weighted by Gasteiger charge is 2.12. The molecule has 0 saturated carbocycles. The normalized spacial score (nSPS) is 10.7. The van der Waals surface area contributed by atoms with E-state index in [-0.39, 0.29) is 5.75 Å². The molecule has 3 aromatic rings. The van der Waals surface area contributed by atoms with Crippen molar-refractivity contribution >= 4 is 10.9 Å². The van der Waals surface area contributed by atoms with Gasteiger partial charge in [-0.1, -0.05) is 0 Å². The summed E-state index contributed by atoms with van der Waals surface area (Å²) in [6, 6.07) is 11.1. The van der Waals surface area contributed by atoms with Crippen molar-refractivity contribution in [1.29, 1.82) is 0 Å². The molecule has 5 heteroatoms. The zero-order chi connectivity index (χ0) is 18.0. The van der Waals surface area contributed by atoms with Crippen molar-refractivity contribution in [3.63, 3.8) is 0 Å². The molecule has 0 atom stereocenters. The third-order valence-corrected chi connectivity index (χ3v) is 4.08. The number of methoxy groups -OCH3 is 2. The van der Waals surface area contributed by atoms with Crippen molar-refractivity contribution in [2.45, 2.75) is 13.8 Å². The second-order valence-electron chi connectivity index (χ2n) is 5.66. The van der Waals surface area contributed by atoms with E-state index in [4.69, 9.17) is 19.2 Å². The number of aryl methyl sites for hydroxylation is 1. The van der Waals surface area contributed by atoms with Gasteiger partial charge in [-0.15, -0.1) is 0 Å². The molecule has 0 radical (unpaired) electrons. The molecule has 1 heterocycles. The average molecular weight is 339 g/mol. The Bertz CT molecular complexity index is 921. The molecule has 0 unspecified atom stereocenters. The minimum Gasteiger partial charge on any atom is -0.504 e. The van der Waals surface area contributed by atoms with Crippen LogP contribution in [0.2, 0.25) is 0 Å². The van der Waals surface area contributed by atoms with E-state index in [9.17, 15) is 5.11 Å². The van der Waals surface area contributed by atoms with Crippen LogP contribution in [0, 0.1) is 6.92 Å². The number of phenols is 1. The summed E-state index contributed by atoms with van der Waals surface area (Å²) in [7, 11) is 3.22. The molecule has 0 aliphatic rings. The number of benzene rings is 2. The first-order chi connectivity index (χ1) is 12.1. The van der Waals surface area contributed by atoms with E-state index in [0.29, 0.717) is 23.9 Å². The third kappa shape index (κ3) is 3.18. The maximum Gasteiger partial charge on any atom is 0.162 e. The second kappa shape index (κ2) is 6.89. The van der Waals surface area contributed by atoms with Crippen molar-refractivity contribution in [2.24, 2.45) is 0 Å². The number of pyridine rings is 1. The van der Waals surface area contributed by atoms with Gasteiger partial charge in [-0.2, -0.15) is 0 Å². The van der Waals surface area contributed by atoms with Crippen LogP contribution >= 0.6 is 0 Å². The van der Waals surface area contributed by atoms with Gasteiger partial charge in [-0.25, -0.2) is 4.98 Å². The number of hydrogen-bond acceptors (Lipinski definition) is 5. The van der Waals surface area contributed by atoms with Crippen molar-refractivity contribution in [3.05, 3.63) is 42.0 Å². The lowest BCUT2D eigenvalue weighted by molar-refractivity contribution is 0.318. The van der Waals surface area contributed by atoms with Gasteiger partial charge < -0.3 is 19.3 Å². The maximum absolute atomic E-state index is 9.89. The van der Waals surface area contributed by atoms with Gasteiger partial charge in [0, 0.05) is 17.0 Å². The van der Waals surface area contributed by atoms with Crippen LogP contribution in [-0.2, 0) is 0 Å². The van der Waals surface area contributed by atoms with E-state index in [1.54, 1.807) is 26.4 Å². The Kier molecular flexibility index (Phi) is 4.65. The number of aromatic hydroxyl groups is 1. The number of nitrogens with zero attached hydrogens (tertiary/aromatic N) is 1. The van der Waals surface area contributed by atoms with Crippen LogP contribution in [-0.4, -0.2) is 30.9 Å². The van der Waals surface area contributed by atoms with E-state index < -0.39 is 0 Å². The van der Waals surface area contributed by atoms with Gasteiger partial charge in [0.05, 0.1) is 32.0 Å². The predicted octanol–water partition coefficient (Wildman–Crippen LogP) is 4.33. The van der Waals surface area contributed by atoms with Crippen LogP contribution in [0.15, 0.2) is 36.4 Å². The minimum atomic E-state index is 0.120. The Balaban J connectivity index is 2.16. The molecule has 0 aliphatic carbocycles. The molecule has 0 spiro atoms. The highest BCUT2D eigenvalue weighted by atomic mass is 16.5. The molecule has 2 aromatic carbocycles. The van der Waals surface area contributed by atoms with Crippen LogP contribution in [0.3, 0.4) is 0 Å². The van der Waals surface area contributed by atoms with Crippen molar-refractivity contribution < 1.29 is 19.3 Å². The Labute approximate surface area is 146 Å². The molecule has 0 aliphatic heterocycles. The smallest absolute Gasteiger partial charge is 0.162 e. The minimum absolute atomic E-state index is 0.120. The fraction of sp³-hybridized carbons (Fsp3) is 0.250. The van der Waals surface area contributed by atoms with E-state index >= 15 is 0 Å². The summed E-state index contributed by atoms with van der Waals surface area (Å²) in [6.45, 7) is 4.39. The topological polar surface area (TPSA) is 60.8 Å². The number of hydrogen-bond donors (Lipinski definition) is 1. The summed E-state index contributed by atoms with van der Waals surface area (Å²) in [6.07, 6.45) is 0. The number of phenolic OH excluding ortho intramolecular Hbond substituents is 1. The monoisotopic (exact) mass is 339 g/mol. The van der Waals surface area contributed by atoms with Crippen molar-refractivity contribution in [1.82, 2.24) is 4.98 Å². The molecule has 1 N–H and O–H groups in total. The quantitative estimate of drug-likeness (QED) is 0.749. The van der Waals surface area contributed by atoms with Crippen LogP contribution in [0.5, 0.6) is 23.0 Å². The zero-order valence-corrected chi connectivity index (χ0v) is 14.8. The molecule has 5 nitrogen and oxygen atoms in total. The van der Waals surface area contributed by atoms with Crippen molar-refractivity contribution in [2.75, 3.05) is 20.8 Å². The van der Waals surface area contributed by atoms with Gasteiger partial charge in [0.15, 0.2) is 23.0 Å². The fourth-order valence-electron chi connectivity index (χ4n) is 2.81. The molecule has 130 valence electrons. The average Bonchev–Trinajstić information content (AvgIpc) is 2.62. The van der Waals surface area contributed by atoms with E-state index in [0.717, 1.165) is 27.7 Å². The predicted molar refractivity (Wildman–Crippen MR) is 97.9 cm³/mol. The molecular weight excluding hydrogens is 318 g/mol. The molecule has 0 amide bonds. The zero-order valence-electron chi connectivity index (χ0n) is 14.8. The Morgan fingerprint density at radius 2 is 1.68 bits per heavy atom. The first-order valence-electron chi connectivity index (χ1n) is 8.07. The SMILES string of the molecule is CCOc1cc(-c2cc(C)c3cc(OC)c(OC)cc3n2)ccc1O. The Morgan fingerprint density at radius 1 is 0.960 bits per heavy atom. The number of aromatic nitrogens is 1.